The summed E-state index contributed by atoms with van der Waals surface area (Å²) in [6.45, 7) is 2.10. The maximum absolute atomic E-state index is 10.1. The number of benzene rings is 1. The number of aliphatic hydroxyl groups is 1. The number of piperidine rings is 1. The van der Waals surface area contributed by atoms with E-state index in [9.17, 15) is 5.11 Å². The van der Waals surface area contributed by atoms with Crippen LogP contribution in [0.2, 0.25) is 0 Å². The fraction of sp³-hybridized carbons (Fsp3) is 0.538. The molecule has 1 aromatic rings. The molecule has 0 saturated carbocycles. The fourth-order valence-electron chi connectivity index (χ4n) is 2.25. The summed E-state index contributed by atoms with van der Waals surface area (Å²) in [5.74, 6) is 0.478. The molecule has 1 saturated heterocycles. The van der Waals surface area contributed by atoms with Gasteiger partial charge in [0, 0.05) is 0 Å². The molecule has 0 bridgehead atoms. The van der Waals surface area contributed by atoms with Gasteiger partial charge in [-0.1, -0.05) is 30.3 Å². The van der Waals surface area contributed by atoms with E-state index < -0.39 is 0 Å². The zero-order chi connectivity index (χ0) is 10.5. The highest BCUT2D eigenvalue weighted by Gasteiger charge is 2.21. The van der Waals surface area contributed by atoms with Crippen LogP contribution in [0.1, 0.15) is 18.4 Å². The highest BCUT2D eigenvalue weighted by Crippen LogP contribution is 2.19. The molecule has 2 N–H and O–H groups in total. The highest BCUT2D eigenvalue weighted by atomic mass is 16.3. The minimum atomic E-state index is -0.172. The highest BCUT2D eigenvalue weighted by molar-refractivity contribution is 5.15. The van der Waals surface area contributed by atoms with Gasteiger partial charge < -0.3 is 10.4 Å². The normalized spacial score (nSPS) is 20.1. The zero-order valence-corrected chi connectivity index (χ0v) is 9.02. The smallest absolute Gasteiger partial charge is 0.0609 e. The Labute approximate surface area is 91.3 Å². The lowest BCUT2D eigenvalue weighted by atomic mass is 9.89. The minimum absolute atomic E-state index is 0.172. The quantitative estimate of drug-likeness (QED) is 0.785. The van der Waals surface area contributed by atoms with E-state index in [-0.39, 0.29) is 6.10 Å². The maximum atomic E-state index is 10.1. The summed E-state index contributed by atoms with van der Waals surface area (Å²) >= 11 is 0. The molecule has 0 unspecified atom stereocenters. The van der Waals surface area contributed by atoms with Crippen molar-refractivity contribution in [2.45, 2.75) is 25.4 Å². The first-order valence-corrected chi connectivity index (χ1v) is 5.79. The van der Waals surface area contributed by atoms with Crippen LogP contribution >= 0.6 is 0 Å². The third-order valence-corrected chi connectivity index (χ3v) is 3.22. The summed E-state index contributed by atoms with van der Waals surface area (Å²) < 4.78 is 0. The predicted octanol–water partition coefficient (Wildman–Crippen LogP) is 1.59. The van der Waals surface area contributed by atoms with Crippen LogP contribution in [-0.2, 0) is 6.42 Å². The molecule has 1 aliphatic rings. The summed E-state index contributed by atoms with van der Waals surface area (Å²) in [5, 5.41) is 13.4. The van der Waals surface area contributed by atoms with Gasteiger partial charge in [0.2, 0.25) is 0 Å². The Morgan fingerprint density at radius 3 is 2.53 bits per heavy atom. The predicted molar refractivity (Wildman–Crippen MR) is 61.7 cm³/mol. The molecular weight excluding hydrogens is 186 g/mol. The molecule has 15 heavy (non-hydrogen) atoms. The van der Waals surface area contributed by atoms with Gasteiger partial charge in [0.05, 0.1) is 6.10 Å². The second-order valence-electron chi connectivity index (χ2n) is 4.34. The average Bonchev–Trinajstić information content (AvgIpc) is 2.31. The van der Waals surface area contributed by atoms with Crippen molar-refractivity contribution in [3.63, 3.8) is 0 Å². The van der Waals surface area contributed by atoms with E-state index in [1.165, 1.54) is 5.56 Å². The Balaban J connectivity index is 1.88. The van der Waals surface area contributed by atoms with Gasteiger partial charge in [-0.3, -0.25) is 0 Å². The first kappa shape index (κ1) is 10.7. The fourth-order valence-corrected chi connectivity index (χ4v) is 2.25. The van der Waals surface area contributed by atoms with Crippen LogP contribution in [0.4, 0.5) is 0 Å². The van der Waals surface area contributed by atoms with Crippen molar-refractivity contribution in [2.24, 2.45) is 5.92 Å². The van der Waals surface area contributed by atoms with Crippen molar-refractivity contribution in [1.82, 2.24) is 5.32 Å². The van der Waals surface area contributed by atoms with Gasteiger partial charge >= 0.3 is 0 Å². The molecule has 0 radical (unpaired) electrons. The second kappa shape index (κ2) is 5.29. The molecule has 1 aliphatic heterocycles. The van der Waals surface area contributed by atoms with Gasteiger partial charge in [-0.05, 0) is 43.8 Å². The largest absolute Gasteiger partial charge is 0.392 e. The van der Waals surface area contributed by atoms with Crippen LogP contribution in [0.15, 0.2) is 30.3 Å². The monoisotopic (exact) mass is 205 g/mol. The molecule has 0 aromatic heterocycles. The summed E-state index contributed by atoms with van der Waals surface area (Å²) in [7, 11) is 0. The Kier molecular flexibility index (Phi) is 3.75. The SMILES string of the molecule is O[C@@H](Cc1ccccc1)C1CCNCC1. The summed E-state index contributed by atoms with van der Waals surface area (Å²) in [6.07, 6.45) is 2.84. The topological polar surface area (TPSA) is 32.3 Å². The molecule has 0 amide bonds. The Hall–Kier alpha value is -0.860. The molecule has 2 heteroatoms. The van der Waals surface area contributed by atoms with Gasteiger partial charge in [0.1, 0.15) is 0 Å². The van der Waals surface area contributed by atoms with E-state index >= 15 is 0 Å². The second-order valence-corrected chi connectivity index (χ2v) is 4.34. The van der Waals surface area contributed by atoms with Gasteiger partial charge in [0.15, 0.2) is 0 Å². The van der Waals surface area contributed by atoms with Crippen molar-refractivity contribution < 1.29 is 5.11 Å². The molecular formula is C13H19NO. The summed E-state index contributed by atoms with van der Waals surface area (Å²) in [4.78, 5) is 0. The Morgan fingerprint density at radius 1 is 1.20 bits per heavy atom. The average molecular weight is 205 g/mol. The number of aliphatic hydroxyl groups excluding tert-OH is 1. The molecule has 2 rings (SSSR count). The van der Waals surface area contributed by atoms with E-state index in [1.54, 1.807) is 0 Å². The van der Waals surface area contributed by atoms with Gasteiger partial charge in [-0.25, -0.2) is 0 Å². The van der Waals surface area contributed by atoms with Gasteiger partial charge in [-0.15, -0.1) is 0 Å². The number of nitrogens with one attached hydrogen (secondary N) is 1. The summed E-state index contributed by atoms with van der Waals surface area (Å²) in [6, 6.07) is 10.3. The number of rotatable bonds is 3. The van der Waals surface area contributed by atoms with E-state index in [1.807, 2.05) is 18.2 Å². The third-order valence-electron chi connectivity index (χ3n) is 3.22. The third kappa shape index (κ3) is 3.05. The van der Waals surface area contributed by atoms with Crippen LogP contribution < -0.4 is 5.32 Å². The van der Waals surface area contributed by atoms with E-state index in [2.05, 4.69) is 17.4 Å². The molecule has 0 aliphatic carbocycles. The van der Waals surface area contributed by atoms with Gasteiger partial charge in [0.25, 0.3) is 0 Å². The lowest BCUT2D eigenvalue weighted by Gasteiger charge is -2.27. The molecule has 82 valence electrons. The Morgan fingerprint density at radius 2 is 1.87 bits per heavy atom. The molecule has 1 aromatic carbocycles. The van der Waals surface area contributed by atoms with Crippen molar-refractivity contribution in [3.05, 3.63) is 35.9 Å². The number of hydrogen-bond acceptors (Lipinski definition) is 2. The van der Waals surface area contributed by atoms with Crippen molar-refractivity contribution >= 4 is 0 Å². The minimum Gasteiger partial charge on any atom is -0.392 e. The zero-order valence-electron chi connectivity index (χ0n) is 9.02. The maximum Gasteiger partial charge on any atom is 0.0609 e. The number of hydrogen-bond donors (Lipinski definition) is 2. The molecule has 2 nitrogen and oxygen atoms in total. The van der Waals surface area contributed by atoms with Crippen LogP contribution in [0.3, 0.4) is 0 Å². The molecule has 1 fully saturated rings. The van der Waals surface area contributed by atoms with Crippen molar-refractivity contribution in [3.8, 4) is 0 Å². The van der Waals surface area contributed by atoms with E-state index in [0.29, 0.717) is 5.92 Å². The van der Waals surface area contributed by atoms with Crippen LogP contribution in [-0.4, -0.2) is 24.3 Å². The Bertz CT molecular complexity index is 280. The van der Waals surface area contributed by atoms with Crippen molar-refractivity contribution in [1.29, 1.82) is 0 Å². The molecule has 1 heterocycles. The van der Waals surface area contributed by atoms with Crippen LogP contribution in [0.5, 0.6) is 0 Å². The summed E-state index contributed by atoms with van der Waals surface area (Å²) in [5.41, 5.74) is 1.24. The van der Waals surface area contributed by atoms with Gasteiger partial charge in [-0.2, -0.15) is 0 Å². The lowest BCUT2D eigenvalue weighted by molar-refractivity contribution is 0.0891. The van der Waals surface area contributed by atoms with E-state index in [4.69, 9.17) is 0 Å². The first-order valence-electron chi connectivity index (χ1n) is 5.79. The van der Waals surface area contributed by atoms with Crippen molar-refractivity contribution in [2.75, 3.05) is 13.1 Å². The molecule has 1 atom stereocenters. The standard InChI is InChI=1S/C13H19NO/c15-13(12-6-8-14-9-7-12)10-11-4-2-1-3-5-11/h1-5,12-15H,6-10H2/t13-/m0/s1. The first-order chi connectivity index (χ1) is 7.36. The lowest BCUT2D eigenvalue weighted by Crippen LogP contribution is -2.34. The van der Waals surface area contributed by atoms with Crippen LogP contribution in [0, 0.1) is 5.92 Å². The van der Waals surface area contributed by atoms with E-state index in [0.717, 1.165) is 32.4 Å². The molecule has 0 spiro atoms. The van der Waals surface area contributed by atoms with Crippen LogP contribution in [0.25, 0.3) is 0 Å².